The first kappa shape index (κ1) is 14.6. The van der Waals surface area contributed by atoms with Gasteiger partial charge in [-0.1, -0.05) is 29.8 Å². The molecule has 0 aromatic heterocycles. The Labute approximate surface area is 115 Å². The number of nitrogens with one attached hydrogen (secondary N) is 1. The molecular weight excluding hydrogens is 360 g/mol. The van der Waals surface area contributed by atoms with E-state index in [9.17, 15) is 13.6 Å². The van der Waals surface area contributed by atoms with Crippen LogP contribution in [0.2, 0.25) is 0 Å². The topological polar surface area (TPSA) is 29.1 Å². The molecule has 1 unspecified atom stereocenters. The first-order valence-corrected chi connectivity index (χ1v) is 6.63. The molecule has 1 N–H and O–H groups in total. The van der Waals surface area contributed by atoms with Gasteiger partial charge in [0.1, 0.15) is 5.82 Å². The predicted octanol–water partition coefficient (Wildman–Crippen LogP) is 4.09. The molecule has 0 heterocycles. The molecule has 0 aliphatic carbocycles. The summed E-state index contributed by atoms with van der Waals surface area (Å²) in [7, 11) is 0. The first-order valence-electron chi connectivity index (χ1n) is 4.92. The van der Waals surface area contributed by atoms with Crippen LogP contribution in [-0.4, -0.2) is 10.7 Å². The van der Waals surface area contributed by atoms with Crippen LogP contribution in [0.5, 0.6) is 0 Å². The van der Waals surface area contributed by atoms with Crippen LogP contribution in [0.1, 0.15) is 13.8 Å². The predicted molar refractivity (Wildman–Crippen MR) is 70.2 cm³/mol. The second kappa shape index (κ2) is 5.91. The van der Waals surface area contributed by atoms with E-state index in [4.69, 9.17) is 0 Å². The molecule has 1 rings (SSSR count). The summed E-state index contributed by atoms with van der Waals surface area (Å²) in [6.07, 6.45) is 0. The molecule has 1 aromatic carbocycles. The molecule has 0 saturated carbocycles. The van der Waals surface area contributed by atoms with E-state index in [0.29, 0.717) is 0 Å². The highest BCUT2D eigenvalue weighted by atomic mass is 79.9. The van der Waals surface area contributed by atoms with Gasteiger partial charge < -0.3 is 5.32 Å². The standard InChI is InChI=1S/C11H11Br2F2NO/c1-5(2)9(13)11(17)16-10-7(12)3-6(14)4-8(10)15/h3-5,9H,1-2H3,(H,16,17). The molecule has 17 heavy (non-hydrogen) atoms. The molecule has 0 radical (unpaired) electrons. The molecule has 2 nitrogen and oxygen atoms in total. The van der Waals surface area contributed by atoms with E-state index in [-0.39, 0.29) is 22.0 Å². The average Bonchev–Trinajstić information content (AvgIpc) is 2.21. The molecule has 1 atom stereocenters. The van der Waals surface area contributed by atoms with Gasteiger partial charge >= 0.3 is 0 Å². The Morgan fingerprint density at radius 2 is 1.94 bits per heavy atom. The number of rotatable bonds is 3. The summed E-state index contributed by atoms with van der Waals surface area (Å²) >= 11 is 6.21. The summed E-state index contributed by atoms with van der Waals surface area (Å²) in [5, 5.41) is 2.41. The zero-order valence-electron chi connectivity index (χ0n) is 9.23. The van der Waals surface area contributed by atoms with E-state index >= 15 is 0 Å². The molecule has 1 aromatic rings. The maximum Gasteiger partial charge on any atom is 0.238 e. The number of carbonyl (C=O) groups excluding carboxylic acids is 1. The smallest absolute Gasteiger partial charge is 0.238 e. The number of carbonyl (C=O) groups is 1. The highest BCUT2D eigenvalue weighted by Gasteiger charge is 2.21. The fourth-order valence-corrected chi connectivity index (χ4v) is 1.78. The maximum absolute atomic E-state index is 13.4. The Morgan fingerprint density at radius 3 is 2.41 bits per heavy atom. The van der Waals surface area contributed by atoms with Crippen LogP contribution in [0.25, 0.3) is 0 Å². The van der Waals surface area contributed by atoms with Crippen LogP contribution < -0.4 is 5.32 Å². The number of halogens is 4. The van der Waals surface area contributed by atoms with Gasteiger partial charge in [0.2, 0.25) is 5.91 Å². The van der Waals surface area contributed by atoms with Crippen LogP contribution in [0, 0.1) is 17.6 Å². The number of hydrogen-bond donors (Lipinski definition) is 1. The molecule has 94 valence electrons. The van der Waals surface area contributed by atoms with Gasteiger partial charge in [0.05, 0.1) is 10.5 Å². The summed E-state index contributed by atoms with van der Waals surface area (Å²) in [6.45, 7) is 3.71. The van der Waals surface area contributed by atoms with Crippen molar-refractivity contribution in [2.24, 2.45) is 5.92 Å². The van der Waals surface area contributed by atoms with Crippen molar-refractivity contribution in [1.82, 2.24) is 0 Å². The molecule has 0 aliphatic rings. The summed E-state index contributed by atoms with van der Waals surface area (Å²) in [4.78, 5) is 11.3. The van der Waals surface area contributed by atoms with Crippen molar-refractivity contribution in [1.29, 1.82) is 0 Å². The molecular formula is C11H11Br2F2NO. The lowest BCUT2D eigenvalue weighted by molar-refractivity contribution is -0.116. The Kier molecular flexibility index (Phi) is 5.06. The number of hydrogen-bond acceptors (Lipinski definition) is 1. The third kappa shape index (κ3) is 3.74. The Hall–Kier alpha value is -0.490. The van der Waals surface area contributed by atoms with Crippen molar-refractivity contribution in [2.75, 3.05) is 5.32 Å². The second-order valence-electron chi connectivity index (χ2n) is 3.88. The summed E-state index contributed by atoms with van der Waals surface area (Å²) in [5.41, 5.74) is -0.0542. The average molecular weight is 371 g/mol. The van der Waals surface area contributed by atoms with E-state index in [0.717, 1.165) is 12.1 Å². The SMILES string of the molecule is CC(C)C(Br)C(=O)Nc1c(F)cc(F)cc1Br. The summed E-state index contributed by atoms with van der Waals surface area (Å²) < 4.78 is 26.4. The van der Waals surface area contributed by atoms with Crippen molar-refractivity contribution in [3.63, 3.8) is 0 Å². The molecule has 0 saturated heterocycles. The van der Waals surface area contributed by atoms with Gasteiger partial charge in [0, 0.05) is 10.5 Å². The normalized spacial score (nSPS) is 12.6. The van der Waals surface area contributed by atoms with Crippen LogP contribution in [0.15, 0.2) is 16.6 Å². The molecule has 0 fully saturated rings. The van der Waals surface area contributed by atoms with E-state index < -0.39 is 16.5 Å². The van der Waals surface area contributed by atoms with Gasteiger partial charge in [-0.3, -0.25) is 4.79 Å². The number of anilines is 1. The zero-order valence-corrected chi connectivity index (χ0v) is 12.4. The third-order valence-electron chi connectivity index (χ3n) is 2.09. The largest absolute Gasteiger partial charge is 0.322 e. The Bertz CT molecular complexity index is 414. The van der Waals surface area contributed by atoms with Gasteiger partial charge in [-0.15, -0.1) is 0 Å². The molecule has 6 heteroatoms. The number of alkyl halides is 1. The number of amides is 1. The fourth-order valence-electron chi connectivity index (χ4n) is 1.16. The minimum Gasteiger partial charge on any atom is -0.322 e. The first-order chi connectivity index (χ1) is 7.82. The van der Waals surface area contributed by atoms with E-state index in [2.05, 4.69) is 37.2 Å². The van der Waals surface area contributed by atoms with Gasteiger partial charge in [-0.2, -0.15) is 0 Å². The van der Waals surface area contributed by atoms with Crippen molar-refractivity contribution >= 4 is 43.5 Å². The highest BCUT2D eigenvalue weighted by molar-refractivity contribution is 9.10. The lowest BCUT2D eigenvalue weighted by atomic mass is 10.1. The van der Waals surface area contributed by atoms with Gasteiger partial charge in [0.15, 0.2) is 5.82 Å². The maximum atomic E-state index is 13.4. The highest BCUT2D eigenvalue weighted by Crippen LogP contribution is 2.27. The Balaban J connectivity index is 2.93. The van der Waals surface area contributed by atoms with Gasteiger partial charge in [-0.25, -0.2) is 8.78 Å². The van der Waals surface area contributed by atoms with E-state index in [1.54, 1.807) is 0 Å². The Morgan fingerprint density at radius 1 is 1.35 bits per heavy atom. The molecule has 1 amide bonds. The third-order valence-corrected chi connectivity index (χ3v) is 4.19. The zero-order chi connectivity index (χ0) is 13.2. The van der Waals surface area contributed by atoms with Crippen LogP contribution >= 0.6 is 31.9 Å². The van der Waals surface area contributed by atoms with Crippen LogP contribution in [0.3, 0.4) is 0 Å². The monoisotopic (exact) mass is 369 g/mol. The summed E-state index contributed by atoms with van der Waals surface area (Å²) in [5.74, 6) is -1.82. The van der Waals surface area contributed by atoms with Crippen molar-refractivity contribution < 1.29 is 13.6 Å². The van der Waals surface area contributed by atoms with Crippen LogP contribution in [-0.2, 0) is 4.79 Å². The minimum atomic E-state index is -0.811. The van der Waals surface area contributed by atoms with E-state index in [1.165, 1.54) is 0 Å². The van der Waals surface area contributed by atoms with Crippen molar-refractivity contribution in [3.8, 4) is 0 Å². The summed E-state index contributed by atoms with van der Waals surface area (Å²) in [6, 6.07) is 1.82. The van der Waals surface area contributed by atoms with Crippen molar-refractivity contribution in [2.45, 2.75) is 18.7 Å². The molecule has 0 spiro atoms. The lowest BCUT2D eigenvalue weighted by Gasteiger charge is -2.15. The van der Waals surface area contributed by atoms with Gasteiger partial charge in [0.25, 0.3) is 0 Å². The minimum absolute atomic E-state index is 0.0542. The van der Waals surface area contributed by atoms with Gasteiger partial charge in [-0.05, 0) is 27.9 Å². The lowest BCUT2D eigenvalue weighted by Crippen LogP contribution is -2.27. The van der Waals surface area contributed by atoms with Crippen LogP contribution in [0.4, 0.5) is 14.5 Å². The second-order valence-corrected chi connectivity index (χ2v) is 5.72. The quantitative estimate of drug-likeness (QED) is 0.798. The van der Waals surface area contributed by atoms with Crippen molar-refractivity contribution in [3.05, 3.63) is 28.2 Å². The molecule has 0 aliphatic heterocycles. The van der Waals surface area contributed by atoms with E-state index in [1.807, 2.05) is 13.8 Å². The molecule has 0 bridgehead atoms. The fraction of sp³-hybridized carbons (Fsp3) is 0.364. The number of benzene rings is 1.